The maximum absolute atomic E-state index is 2.40. The topological polar surface area (TPSA) is 0 Å². The van der Waals surface area contributed by atoms with Crippen LogP contribution in [0.25, 0.3) is 11.1 Å². The molecule has 4 heteroatoms. The zero-order chi connectivity index (χ0) is 11.7. The van der Waals surface area contributed by atoms with E-state index in [1.165, 1.54) is 25.4 Å². The summed E-state index contributed by atoms with van der Waals surface area (Å²) in [5.41, 5.74) is 2.66. The third-order valence-electron chi connectivity index (χ3n) is 2.15. The third kappa shape index (κ3) is 3.22. The summed E-state index contributed by atoms with van der Waals surface area (Å²) in [7, 11) is 0. The summed E-state index contributed by atoms with van der Waals surface area (Å²) >= 11 is 9.52. The van der Waals surface area contributed by atoms with Gasteiger partial charge in [-0.1, -0.05) is 0 Å². The standard InChI is InChI=1S/C12H6I4/c13-7-1-3-11(15)9(5-7)10-6-8(14)2-4-12(10)16/h1-6H. The van der Waals surface area contributed by atoms with Crippen LogP contribution in [0.15, 0.2) is 36.4 Å². The largest absolute Gasteiger partial charge is 0.0477 e. The first-order valence-corrected chi connectivity index (χ1v) is 8.80. The number of halogens is 4. The zero-order valence-corrected chi connectivity index (χ0v) is 16.6. The lowest BCUT2D eigenvalue weighted by atomic mass is 10.1. The predicted octanol–water partition coefficient (Wildman–Crippen LogP) is 5.77. The molecule has 0 aromatic heterocycles. The molecule has 0 fully saturated rings. The highest BCUT2D eigenvalue weighted by molar-refractivity contribution is 14.1. The Morgan fingerprint density at radius 3 is 1.31 bits per heavy atom. The van der Waals surface area contributed by atoms with E-state index in [4.69, 9.17) is 0 Å². The lowest BCUT2D eigenvalue weighted by Crippen LogP contribution is -1.88. The molecule has 2 aromatic rings. The van der Waals surface area contributed by atoms with Crippen LogP contribution in [0.3, 0.4) is 0 Å². The highest BCUT2D eigenvalue weighted by Gasteiger charge is 2.08. The molecule has 2 aromatic carbocycles. The maximum atomic E-state index is 2.40. The van der Waals surface area contributed by atoms with Gasteiger partial charge in [-0.2, -0.15) is 0 Å². The zero-order valence-electron chi connectivity index (χ0n) is 7.98. The van der Waals surface area contributed by atoms with E-state index in [1.54, 1.807) is 0 Å². The van der Waals surface area contributed by atoms with E-state index in [1.807, 2.05) is 0 Å². The molecule has 0 aliphatic carbocycles. The smallest absolute Gasteiger partial charge is 0.0209 e. The summed E-state index contributed by atoms with van der Waals surface area (Å²) in [6.45, 7) is 0. The Morgan fingerprint density at radius 1 is 0.562 bits per heavy atom. The van der Waals surface area contributed by atoms with Gasteiger partial charge in [0.2, 0.25) is 0 Å². The van der Waals surface area contributed by atoms with Crippen LogP contribution >= 0.6 is 90.4 Å². The van der Waals surface area contributed by atoms with Crippen molar-refractivity contribution in [3.63, 3.8) is 0 Å². The van der Waals surface area contributed by atoms with E-state index < -0.39 is 0 Å². The molecular formula is C12H6I4. The summed E-state index contributed by atoms with van der Waals surface area (Å²) in [6, 6.07) is 13.1. The van der Waals surface area contributed by atoms with Crippen LogP contribution in [-0.4, -0.2) is 0 Å². The van der Waals surface area contributed by atoms with Crippen molar-refractivity contribution in [1.82, 2.24) is 0 Å². The fourth-order valence-electron chi connectivity index (χ4n) is 1.41. The van der Waals surface area contributed by atoms with Gasteiger partial charge in [0.15, 0.2) is 0 Å². The molecule has 0 nitrogen and oxygen atoms in total. The third-order valence-corrected chi connectivity index (χ3v) is 5.37. The van der Waals surface area contributed by atoms with Gasteiger partial charge in [0.25, 0.3) is 0 Å². The highest BCUT2D eigenvalue weighted by atomic mass is 127. The molecule has 0 bridgehead atoms. The van der Waals surface area contributed by atoms with E-state index in [0.29, 0.717) is 0 Å². The molecule has 0 atom stereocenters. The van der Waals surface area contributed by atoms with Crippen LogP contribution in [0.5, 0.6) is 0 Å². The molecule has 0 aliphatic rings. The molecule has 82 valence electrons. The van der Waals surface area contributed by atoms with Gasteiger partial charge in [0.05, 0.1) is 0 Å². The van der Waals surface area contributed by atoms with Gasteiger partial charge in [0.1, 0.15) is 0 Å². The van der Waals surface area contributed by atoms with Crippen molar-refractivity contribution in [3.05, 3.63) is 50.7 Å². The summed E-state index contributed by atoms with van der Waals surface area (Å²) in [5.74, 6) is 0. The van der Waals surface area contributed by atoms with Crippen molar-refractivity contribution < 1.29 is 0 Å². The average molecular weight is 658 g/mol. The SMILES string of the molecule is Ic1ccc(I)c(-c2cc(I)ccc2I)c1. The number of hydrogen-bond donors (Lipinski definition) is 0. The predicted molar refractivity (Wildman–Crippen MR) is 103 cm³/mol. The van der Waals surface area contributed by atoms with E-state index in [0.717, 1.165) is 0 Å². The van der Waals surface area contributed by atoms with Crippen molar-refractivity contribution in [3.8, 4) is 11.1 Å². The molecule has 0 unspecified atom stereocenters. The second-order valence-corrected chi connectivity index (χ2v) is 8.06. The van der Waals surface area contributed by atoms with Crippen molar-refractivity contribution in [1.29, 1.82) is 0 Å². The molecule has 0 radical (unpaired) electrons. The lowest BCUT2D eigenvalue weighted by Gasteiger charge is -2.08. The van der Waals surface area contributed by atoms with E-state index in [-0.39, 0.29) is 0 Å². The molecule has 0 saturated heterocycles. The summed E-state index contributed by atoms with van der Waals surface area (Å²) < 4.78 is 5.17. The fourth-order valence-corrected chi connectivity index (χ4v) is 3.64. The Hall–Kier alpha value is 1.36. The van der Waals surface area contributed by atoms with Crippen LogP contribution in [0.1, 0.15) is 0 Å². The summed E-state index contributed by atoms with van der Waals surface area (Å²) in [5, 5.41) is 0. The molecule has 0 heterocycles. The molecular weight excluding hydrogens is 652 g/mol. The first-order valence-electron chi connectivity index (χ1n) is 4.48. The van der Waals surface area contributed by atoms with Gasteiger partial charge in [-0.15, -0.1) is 0 Å². The van der Waals surface area contributed by atoms with Gasteiger partial charge in [0, 0.05) is 14.3 Å². The Balaban J connectivity index is 2.66. The average Bonchev–Trinajstić information content (AvgIpc) is 2.25. The van der Waals surface area contributed by atoms with E-state index in [9.17, 15) is 0 Å². The highest BCUT2D eigenvalue weighted by Crippen LogP contribution is 2.31. The minimum atomic E-state index is 1.28. The van der Waals surface area contributed by atoms with Crippen LogP contribution < -0.4 is 0 Å². The molecule has 0 amide bonds. The molecule has 2 rings (SSSR count). The molecule has 16 heavy (non-hydrogen) atoms. The van der Waals surface area contributed by atoms with Crippen LogP contribution in [-0.2, 0) is 0 Å². The van der Waals surface area contributed by atoms with Crippen LogP contribution in [0.4, 0.5) is 0 Å². The number of benzene rings is 2. The molecule has 0 saturated carbocycles. The van der Waals surface area contributed by atoms with Crippen molar-refractivity contribution in [2.75, 3.05) is 0 Å². The van der Waals surface area contributed by atoms with Crippen molar-refractivity contribution in [2.45, 2.75) is 0 Å². The minimum Gasteiger partial charge on any atom is -0.0477 e. The molecule has 0 N–H and O–H groups in total. The minimum absolute atomic E-state index is 1.28. The maximum Gasteiger partial charge on any atom is 0.0209 e. The Bertz CT molecular complexity index is 485. The quantitative estimate of drug-likeness (QED) is 0.342. The van der Waals surface area contributed by atoms with Gasteiger partial charge in [-0.25, -0.2) is 0 Å². The Morgan fingerprint density at radius 2 is 0.938 bits per heavy atom. The number of rotatable bonds is 1. The van der Waals surface area contributed by atoms with Crippen LogP contribution in [0.2, 0.25) is 0 Å². The second kappa shape index (κ2) is 6.00. The van der Waals surface area contributed by atoms with Crippen molar-refractivity contribution in [2.24, 2.45) is 0 Å². The fraction of sp³-hybridized carbons (Fsp3) is 0. The van der Waals surface area contributed by atoms with Crippen molar-refractivity contribution >= 4 is 90.4 Å². The lowest BCUT2D eigenvalue weighted by molar-refractivity contribution is 1.51. The summed E-state index contributed by atoms with van der Waals surface area (Å²) in [4.78, 5) is 0. The van der Waals surface area contributed by atoms with Gasteiger partial charge in [-0.05, 0) is 138 Å². The Labute approximate surface area is 150 Å². The van der Waals surface area contributed by atoms with E-state index in [2.05, 4.69) is 127 Å². The first kappa shape index (κ1) is 13.8. The molecule has 0 spiro atoms. The van der Waals surface area contributed by atoms with Gasteiger partial charge < -0.3 is 0 Å². The van der Waals surface area contributed by atoms with Crippen LogP contribution in [0, 0.1) is 14.3 Å². The van der Waals surface area contributed by atoms with Gasteiger partial charge in [-0.3, -0.25) is 0 Å². The Kier molecular flexibility index (Phi) is 5.17. The summed E-state index contributed by atoms with van der Waals surface area (Å²) in [6.07, 6.45) is 0. The normalized spacial score (nSPS) is 10.5. The van der Waals surface area contributed by atoms with E-state index >= 15 is 0 Å². The first-order chi connectivity index (χ1) is 7.58. The monoisotopic (exact) mass is 658 g/mol. The molecule has 0 aliphatic heterocycles. The second-order valence-electron chi connectivity index (χ2n) is 3.25. The number of hydrogen-bond acceptors (Lipinski definition) is 0. The van der Waals surface area contributed by atoms with Gasteiger partial charge >= 0.3 is 0 Å².